The van der Waals surface area contributed by atoms with E-state index in [1.807, 2.05) is 19.1 Å². The number of esters is 1. The smallest absolute Gasteiger partial charge is 0.321 e. The van der Waals surface area contributed by atoms with E-state index < -0.39 is 16.0 Å². The molecular formula is C23H31NO4S. The maximum absolute atomic E-state index is 13.0. The lowest BCUT2D eigenvalue weighted by molar-refractivity contribution is -0.142. The van der Waals surface area contributed by atoms with E-state index in [0.717, 1.165) is 22.7 Å². The Morgan fingerprint density at radius 2 is 1.76 bits per heavy atom. The SMILES string of the molecule is C=CCC/C=C/C(=C)COC(=O)CN(CCCC=C)S(=O)(=O)c1ccc(C)cc1. The molecule has 0 bridgehead atoms. The molecule has 0 aliphatic carbocycles. The first-order valence-corrected chi connectivity index (χ1v) is 11.0. The Bertz CT molecular complexity index is 823. The maximum atomic E-state index is 13.0. The molecule has 0 fully saturated rings. The van der Waals surface area contributed by atoms with Gasteiger partial charge in [0.25, 0.3) is 0 Å². The van der Waals surface area contributed by atoms with Crippen LogP contribution >= 0.6 is 0 Å². The number of benzene rings is 1. The Kier molecular flexibility index (Phi) is 10.9. The average Bonchev–Trinajstić information content (AvgIpc) is 2.69. The van der Waals surface area contributed by atoms with Crippen molar-refractivity contribution >= 4 is 16.0 Å². The molecule has 0 saturated heterocycles. The third-order valence-electron chi connectivity index (χ3n) is 4.09. The number of hydrogen-bond donors (Lipinski definition) is 0. The second-order valence-electron chi connectivity index (χ2n) is 6.67. The first kappa shape index (κ1) is 24.6. The monoisotopic (exact) mass is 417 g/mol. The standard InChI is InChI=1S/C23H31NO4S/c1-5-7-9-10-12-21(4)19-28-23(25)18-24(17-11-8-6-2)29(26,27)22-15-13-20(3)14-16-22/h5-6,10,12-16H,1-2,4,7-9,11,17-19H2,3H3/b12-10+. The molecule has 0 aliphatic rings. The number of ether oxygens (including phenoxy) is 1. The predicted molar refractivity (Wildman–Crippen MR) is 118 cm³/mol. The fourth-order valence-electron chi connectivity index (χ4n) is 2.43. The summed E-state index contributed by atoms with van der Waals surface area (Å²) in [5.74, 6) is -0.611. The zero-order chi connectivity index (χ0) is 21.7. The summed E-state index contributed by atoms with van der Waals surface area (Å²) in [5.41, 5.74) is 1.60. The van der Waals surface area contributed by atoms with Gasteiger partial charge in [-0.2, -0.15) is 4.31 Å². The minimum atomic E-state index is -3.80. The second-order valence-corrected chi connectivity index (χ2v) is 8.61. The van der Waals surface area contributed by atoms with Gasteiger partial charge in [-0.05, 0) is 50.3 Å². The number of carbonyl (C=O) groups is 1. The summed E-state index contributed by atoms with van der Waals surface area (Å²) >= 11 is 0. The molecule has 29 heavy (non-hydrogen) atoms. The van der Waals surface area contributed by atoms with Gasteiger partial charge < -0.3 is 4.74 Å². The molecule has 0 spiro atoms. The van der Waals surface area contributed by atoms with E-state index in [1.54, 1.807) is 36.4 Å². The maximum Gasteiger partial charge on any atom is 0.321 e. The van der Waals surface area contributed by atoms with Crippen LogP contribution in [0.1, 0.15) is 31.2 Å². The Hall–Kier alpha value is -2.44. The van der Waals surface area contributed by atoms with E-state index >= 15 is 0 Å². The highest BCUT2D eigenvalue weighted by atomic mass is 32.2. The van der Waals surface area contributed by atoms with E-state index in [4.69, 9.17) is 4.74 Å². The fraction of sp³-hybridized carbons (Fsp3) is 0.348. The van der Waals surface area contributed by atoms with Crippen molar-refractivity contribution in [1.29, 1.82) is 0 Å². The molecule has 1 aromatic rings. The summed E-state index contributed by atoms with van der Waals surface area (Å²) in [6.45, 7) is 12.9. The summed E-state index contributed by atoms with van der Waals surface area (Å²) in [6.07, 6.45) is 10.2. The van der Waals surface area contributed by atoms with Crippen molar-refractivity contribution in [2.45, 2.75) is 37.5 Å². The average molecular weight is 418 g/mol. The molecular weight excluding hydrogens is 386 g/mol. The molecule has 0 amide bonds. The van der Waals surface area contributed by atoms with Crippen LogP contribution in [0.25, 0.3) is 0 Å². The molecule has 0 unspecified atom stereocenters. The quantitative estimate of drug-likeness (QED) is 0.192. The number of sulfonamides is 1. The van der Waals surface area contributed by atoms with Crippen LogP contribution in [0.2, 0.25) is 0 Å². The van der Waals surface area contributed by atoms with Crippen molar-refractivity contribution in [3.8, 4) is 0 Å². The van der Waals surface area contributed by atoms with Crippen molar-refractivity contribution < 1.29 is 17.9 Å². The molecule has 0 N–H and O–H groups in total. The van der Waals surface area contributed by atoms with Gasteiger partial charge in [0.05, 0.1) is 4.90 Å². The van der Waals surface area contributed by atoms with Crippen molar-refractivity contribution in [2.24, 2.45) is 0 Å². The van der Waals surface area contributed by atoms with Crippen LogP contribution in [-0.4, -0.2) is 38.4 Å². The van der Waals surface area contributed by atoms with Gasteiger partial charge in [0.2, 0.25) is 10.0 Å². The van der Waals surface area contributed by atoms with Gasteiger partial charge in [0, 0.05) is 6.54 Å². The van der Waals surface area contributed by atoms with Gasteiger partial charge in [-0.3, -0.25) is 4.79 Å². The highest BCUT2D eigenvalue weighted by Crippen LogP contribution is 2.17. The second kappa shape index (κ2) is 12.9. The lowest BCUT2D eigenvalue weighted by atomic mass is 10.2. The molecule has 0 saturated carbocycles. The van der Waals surface area contributed by atoms with Crippen molar-refractivity contribution in [3.05, 3.63) is 79.4 Å². The number of allylic oxidation sites excluding steroid dienone is 3. The highest BCUT2D eigenvalue weighted by molar-refractivity contribution is 7.89. The lowest BCUT2D eigenvalue weighted by Crippen LogP contribution is -2.37. The summed E-state index contributed by atoms with van der Waals surface area (Å²) in [5, 5.41) is 0. The Morgan fingerprint density at radius 3 is 2.38 bits per heavy atom. The zero-order valence-electron chi connectivity index (χ0n) is 17.2. The zero-order valence-corrected chi connectivity index (χ0v) is 18.0. The summed E-state index contributed by atoms with van der Waals surface area (Å²) in [4.78, 5) is 12.4. The Morgan fingerprint density at radius 1 is 1.10 bits per heavy atom. The van der Waals surface area contributed by atoms with Crippen molar-refractivity contribution in [1.82, 2.24) is 4.31 Å². The van der Waals surface area contributed by atoms with Gasteiger partial charge >= 0.3 is 5.97 Å². The van der Waals surface area contributed by atoms with Gasteiger partial charge in [0.15, 0.2) is 0 Å². The van der Waals surface area contributed by atoms with Crippen molar-refractivity contribution in [3.63, 3.8) is 0 Å². The molecule has 0 aromatic heterocycles. The van der Waals surface area contributed by atoms with Crippen LogP contribution in [0, 0.1) is 6.92 Å². The number of rotatable bonds is 14. The van der Waals surface area contributed by atoms with E-state index in [0.29, 0.717) is 18.4 Å². The lowest BCUT2D eigenvalue weighted by Gasteiger charge is -2.21. The van der Waals surface area contributed by atoms with Gasteiger partial charge in [0.1, 0.15) is 13.2 Å². The molecule has 0 atom stereocenters. The largest absolute Gasteiger partial charge is 0.460 e. The highest BCUT2D eigenvalue weighted by Gasteiger charge is 2.26. The normalized spacial score (nSPS) is 11.5. The van der Waals surface area contributed by atoms with Crippen LogP contribution in [0.15, 0.2) is 78.8 Å². The Balaban J connectivity index is 2.76. The molecule has 0 aliphatic heterocycles. The number of unbranched alkanes of at least 4 members (excludes halogenated alkanes) is 2. The number of hydrogen-bond acceptors (Lipinski definition) is 4. The number of carbonyl (C=O) groups excluding carboxylic acids is 1. The molecule has 0 radical (unpaired) electrons. The van der Waals surface area contributed by atoms with Gasteiger partial charge in [-0.25, -0.2) is 8.42 Å². The summed E-state index contributed by atoms with van der Waals surface area (Å²) in [7, 11) is -3.80. The topological polar surface area (TPSA) is 63.7 Å². The fourth-order valence-corrected chi connectivity index (χ4v) is 3.85. The third-order valence-corrected chi connectivity index (χ3v) is 5.95. The molecule has 158 valence electrons. The van der Waals surface area contributed by atoms with Gasteiger partial charge in [-0.1, -0.05) is 48.6 Å². The molecule has 6 heteroatoms. The van der Waals surface area contributed by atoms with E-state index in [-0.39, 0.29) is 24.6 Å². The number of aryl methyl sites for hydroxylation is 1. The van der Waals surface area contributed by atoms with E-state index in [1.165, 1.54) is 0 Å². The Labute approximate surface area is 175 Å². The first-order valence-electron chi connectivity index (χ1n) is 9.59. The molecule has 5 nitrogen and oxygen atoms in total. The van der Waals surface area contributed by atoms with E-state index in [9.17, 15) is 13.2 Å². The minimum Gasteiger partial charge on any atom is -0.460 e. The molecule has 1 rings (SSSR count). The van der Waals surface area contributed by atoms with Crippen molar-refractivity contribution in [2.75, 3.05) is 19.7 Å². The third kappa shape index (κ3) is 9.07. The van der Waals surface area contributed by atoms with Crippen LogP contribution in [0.5, 0.6) is 0 Å². The minimum absolute atomic E-state index is 0.0223. The van der Waals surface area contributed by atoms with Crippen LogP contribution in [0.3, 0.4) is 0 Å². The van der Waals surface area contributed by atoms with Crippen LogP contribution in [0.4, 0.5) is 0 Å². The summed E-state index contributed by atoms with van der Waals surface area (Å²) < 4.78 is 32.3. The predicted octanol–water partition coefficient (Wildman–Crippen LogP) is 4.57. The van der Waals surface area contributed by atoms with Gasteiger partial charge in [-0.15, -0.1) is 13.2 Å². The van der Waals surface area contributed by atoms with Crippen LogP contribution in [-0.2, 0) is 19.6 Å². The number of nitrogens with zero attached hydrogens (tertiary/aromatic N) is 1. The molecule has 0 heterocycles. The van der Waals surface area contributed by atoms with Crippen LogP contribution < -0.4 is 0 Å². The van der Waals surface area contributed by atoms with E-state index in [2.05, 4.69) is 19.7 Å². The molecule has 1 aromatic carbocycles. The summed E-state index contributed by atoms with van der Waals surface area (Å²) in [6, 6.07) is 6.56. The first-order chi connectivity index (χ1) is 13.8.